The van der Waals surface area contributed by atoms with Gasteiger partial charge < -0.3 is 0 Å². The molecule has 1 saturated heterocycles. The Labute approximate surface area is 156 Å². The van der Waals surface area contributed by atoms with Crippen LogP contribution >= 0.6 is 23.4 Å². The zero-order valence-electron chi connectivity index (χ0n) is 14.2. The third-order valence-electron chi connectivity index (χ3n) is 4.87. The van der Waals surface area contributed by atoms with Crippen LogP contribution < -0.4 is 0 Å². The number of fused-ring (bicyclic) bond motifs is 1. The minimum atomic E-state index is -0.385. The molecular formula is C19H19ClN2O2S. The lowest BCUT2D eigenvalue weighted by atomic mass is 9.73. The second-order valence-electron chi connectivity index (χ2n) is 7.51. The van der Waals surface area contributed by atoms with Crippen LogP contribution in [0.4, 0.5) is 0 Å². The number of halogens is 1. The van der Waals surface area contributed by atoms with Gasteiger partial charge in [-0.2, -0.15) is 0 Å². The van der Waals surface area contributed by atoms with Gasteiger partial charge in [0.25, 0.3) is 0 Å². The molecule has 1 fully saturated rings. The van der Waals surface area contributed by atoms with Crippen molar-refractivity contribution in [2.24, 2.45) is 10.4 Å². The smallest absolute Gasteiger partial charge is 0.230 e. The summed E-state index contributed by atoms with van der Waals surface area (Å²) in [5.41, 5.74) is 2.33. The van der Waals surface area contributed by atoms with E-state index in [-0.39, 0.29) is 23.1 Å². The molecule has 25 heavy (non-hydrogen) atoms. The molecular weight excluding hydrogens is 356 g/mol. The van der Waals surface area contributed by atoms with Crippen molar-refractivity contribution in [3.8, 4) is 0 Å². The number of rotatable bonds is 1. The van der Waals surface area contributed by atoms with Gasteiger partial charge in [-0.15, -0.1) is 0 Å². The summed E-state index contributed by atoms with van der Waals surface area (Å²) in [6.07, 6.45) is 1.70. The molecule has 4 rings (SSSR count). The van der Waals surface area contributed by atoms with E-state index in [0.29, 0.717) is 23.4 Å². The van der Waals surface area contributed by atoms with E-state index in [0.717, 1.165) is 28.6 Å². The number of carbonyl (C=O) groups excluding carboxylic acids is 2. The number of Topliss-reactive ketones (excluding diaryl/α,β-unsaturated/α-hetero) is 1. The van der Waals surface area contributed by atoms with Crippen LogP contribution in [-0.4, -0.2) is 27.5 Å². The number of allylic oxidation sites excluding steroid dienone is 1. The molecule has 0 aromatic heterocycles. The Hall–Kier alpha value is -1.59. The summed E-state index contributed by atoms with van der Waals surface area (Å²) >= 11 is 7.63. The highest BCUT2D eigenvalue weighted by Crippen LogP contribution is 2.47. The molecule has 0 N–H and O–H groups in total. The van der Waals surface area contributed by atoms with Gasteiger partial charge in [0, 0.05) is 29.2 Å². The van der Waals surface area contributed by atoms with Gasteiger partial charge in [0.1, 0.15) is 0 Å². The van der Waals surface area contributed by atoms with Gasteiger partial charge in [0.05, 0.1) is 11.7 Å². The first-order valence-electron chi connectivity index (χ1n) is 8.41. The lowest BCUT2D eigenvalue weighted by molar-refractivity contribution is -0.128. The van der Waals surface area contributed by atoms with Crippen LogP contribution in [0.2, 0.25) is 5.02 Å². The molecule has 1 aromatic rings. The van der Waals surface area contributed by atoms with E-state index in [9.17, 15) is 9.59 Å². The second kappa shape index (κ2) is 5.99. The van der Waals surface area contributed by atoms with Crippen molar-refractivity contribution in [1.29, 1.82) is 0 Å². The molecule has 1 amide bonds. The molecule has 4 nitrogen and oxygen atoms in total. The summed E-state index contributed by atoms with van der Waals surface area (Å²) in [6, 6.07) is 7.03. The summed E-state index contributed by atoms with van der Waals surface area (Å²) in [6.45, 7) is 4.19. The van der Waals surface area contributed by atoms with Gasteiger partial charge in [-0.3, -0.25) is 14.5 Å². The maximum Gasteiger partial charge on any atom is 0.230 e. The normalized spacial score (nSPS) is 25.5. The van der Waals surface area contributed by atoms with Crippen LogP contribution in [0.3, 0.4) is 0 Å². The Bertz CT molecular complexity index is 826. The third-order valence-corrected chi connectivity index (χ3v) is 6.07. The molecule has 0 bridgehead atoms. The van der Waals surface area contributed by atoms with Crippen molar-refractivity contribution in [1.82, 2.24) is 4.90 Å². The topological polar surface area (TPSA) is 49.7 Å². The number of benzene rings is 1. The zero-order chi connectivity index (χ0) is 17.8. The average Bonchev–Trinajstić information content (AvgIpc) is 2.53. The number of amidine groups is 1. The Kier molecular flexibility index (Phi) is 4.04. The largest absolute Gasteiger partial charge is 0.294 e. The highest BCUT2D eigenvalue weighted by atomic mass is 35.5. The second-order valence-corrected chi connectivity index (χ2v) is 9.01. The first-order chi connectivity index (χ1) is 11.9. The highest BCUT2D eigenvalue weighted by molar-refractivity contribution is 8.14. The van der Waals surface area contributed by atoms with Crippen LogP contribution in [-0.2, 0) is 9.59 Å². The van der Waals surface area contributed by atoms with E-state index in [2.05, 4.69) is 13.8 Å². The summed E-state index contributed by atoms with van der Waals surface area (Å²) in [5, 5.41) is 1.36. The first-order valence-corrected chi connectivity index (χ1v) is 9.77. The Morgan fingerprint density at radius 3 is 2.64 bits per heavy atom. The highest BCUT2D eigenvalue weighted by Gasteiger charge is 2.45. The van der Waals surface area contributed by atoms with Gasteiger partial charge in [-0.25, -0.2) is 4.99 Å². The molecule has 2 heterocycles. The van der Waals surface area contributed by atoms with Gasteiger partial charge in [-0.1, -0.05) is 49.3 Å². The maximum atomic E-state index is 13.0. The predicted octanol–water partition coefficient (Wildman–Crippen LogP) is 4.36. The molecule has 1 aliphatic carbocycles. The van der Waals surface area contributed by atoms with E-state index in [1.165, 1.54) is 0 Å². The van der Waals surface area contributed by atoms with Gasteiger partial charge in [0.2, 0.25) is 5.91 Å². The summed E-state index contributed by atoms with van der Waals surface area (Å²) in [4.78, 5) is 32.1. The number of aliphatic imine (C=N–C) groups is 1. The zero-order valence-corrected chi connectivity index (χ0v) is 15.8. The predicted molar refractivity (Wildman–Crippen MR) is 101 cm³/mol. The van der Waals surface area contributed by atoms with Crippen molar-refractivity contribution in [2.45, 2.75) is 39.2 Å². The van der Waals surface area contributed by atoms with Crippen LogP contribution in [0, 0.1) is 5.41 Å². The minimum absolute atomic E-state index is 0.0293. The number of hydrogen-bond acceptors (Lipinski definition) is 4. The Morgan fingerprint density at radius 1 is 1.20 bits per heavy atom. The molecule has 3 aliphatic rings. The first kappa shape index (κ1) is 16.9. The maximum absolute atomic E-state index is 13.0. The van der Waals surface area contributed by atoms with Crippen molar-refractivity contribution >= 4 is 40.2 Å². The minimum Gasteiger partial charge on any atom is -0.294 e. The molecule has 1 aromatic carbocycles. The van der Waals surface area contributed by atoms with Crippen molar-refractivity contribution in [2.75, 3.05) is 5.75 Å². The van der Waals surface area contributed by atoms with Gasteiger partial charge >= 0.3 is 0 Å². The molecule has 0 spiro atoms. The molecule has 6 heteroatoms. The Morgan fingerprint density at radius 2 is 1.92 bits per heavy atom. The number of thioether (sulfide) groups is 1. The van der Waals surface area contributed by atoms with E-state index in [1.54, 1.807) is 28.8 Å². The van der Waals surface area contributed by atoms with Gasteiger partial charge in [0.15, 0.2) is 11.0 Å². The fraction of sp³-hybridized carbons (Fsp3) is 0.421. The van der Waals surface area contributed by atoms with E-state index >= 15 is 0 Å². The van der Waals surface area contributed by atoms with E-state index in [4.69, 9.17) is 16.6 Å². The molecule has 2 aliphatic heterocycles. The quantitative estimate of drug-likeness (QED) is 0.733. The molecule has 0 saturated carbocycles. The summed E-state index contributed by atoms with van der Waals surface area (Å²) in [7, 11) is 0. The summed E-state index contributed by atoms with van der Waals surface area (Å²) < 4.78 is 0. The Balaban J connectivity index is 1.89. The molecule has 0 radical (unpaired) electrons. The van der Waals surface area contributed by atoms with Crippen LogP contribution in [0.25, 0.3) is 0 Å². The van der Waals surface area contributed by atoms with Crippen molar-refractivity contribution in [3.63, 3.8) is 0 Å². The van der Waals surface area contributed by atoms with E-state index < -0.39 is 0 Å². The number of nitrogens with zero attached hydrogens (tertiary/aromatic N) is 2. The van der Waals surface area contributed by atoms with Crippen molar-refractivity contribution in [3.05, 3.63) is 46.1 Å². The fourth-order valence-corrected chi connectivity index (χ4v) is 4.89. The van der Waals surface area contributed by atoms with Crippen LogP contribution in [0.5, 0.6) is 0 Å². The van der Waals surface area contributed by atoms with Gasteiger partial charge in [-0.05, 0) is 29.5 Å². The monoisotopic (exact) mass is 374 g/mol. The third kappa shape index (κ3) is 2.93. The standard InChI is InChI=1S/C19H19ClN2O2S/c1-19(2)9-13-16(14(23)10-19)17(11-3-5-12(20)6-4-11)22-15(24)7-8-25-18(22)21-13/h3-6,17H,7-10H2,1-2H3. The average molecular weight is 375 g/mol. The van der Waals surface area contributed by atoms with Crippen LogP contribution in [0.1, 0.15) is 44.7 Å². The van der Waals surface area contributed by atoms with Crippen LogP contribution in [0.15, 0.2) is 40.5 Å². The fourth-order valence-electron chi connectivity index (χ4n) is 3.78. The molecule has 1 atom stereocenters. The van der Waals surface area contributed by atoms with Crippen molar-refractivity contribution < 1.29 is 9.59 Å². The SMILES string of the molecule is CC1(C)CC(=O)C2=C(C1)N=C1SCCC(=O)N1C2c1ccc(Cl)cc1. The molecule has 130 valence electrons. The molecule has 1 unspecified atom stereocenters. The lowest BCUT2D eigenvalue weighted by Gasteiger charge is -2.43. The number of ketones is 1. The number of carbonyl (C=O) groups is 2. The number of amides is 1. The summed E-state index contributed by atoms with van der Waals surface area (Å²) in [5.74, 6) is 0.862. The lowest BCUT2D eigenvalue weighted by Crippen LogP contribution is -2.47. The number of hydrogen-bond donors (Lipinski definition) is 0. The van der Waals surface area contributed by atoms with E-state index in [1.807, 2.05) is 12.1 Å².